The van der Waals surface area contributed by atoms with Crippen LogP contribution in [0.2, 0.25) is 0 Å². The van der Waals surface area contributed by atoms with Gasteiger partial charge in [0.15, 0.2) is 0 Å². The van der Waals surface area contributed by atoms with Gasteiger partial charge in [-0.2, -0.15) is 0 Å². The zero-order chi connectivity index (χ0) is 11.5. The Kier molecular flexibility index (Phi) is 3.05. The molecule has 0 bridgehead atoms. The Morgan fingerprint density at radius 1 is 1.50 bits per heavy atom. The van der Waals surface area contributed by atoms with Gasteiger partial charge in [-0.15, -0.1) is 10.2 Å². The van der Waals surface area contributed by atoms with Gasteiger partial charge in [0.2, 0.25) is 0 Å². The van der Waals surface area contributed by atoms with E-state index in [1.165, 1.54) is 0 Å². The topological polar surface area (TPSA) is 55.9 Å². The molecule has 0 aliphatic rings. The van der Waals surface area contributed by atoms with Crippen LogP contribution >= 0.6 is 0 Å². The van der Waals surface area contributed by atoms with Crippen LogP contribution < -0.4 is 5.32 Å². The Hall–Kier alpha value is -1.62. The van der Waals surface area contributed by atoms with Crippen LogP contribution in [0.3, 0.4) is 0 Å². The van der Waals surface area contributed by atoms with E-state index >= 15 is 0 Å². The lowest BCUT2D eigenvalue weighted by Crippen LogP contribution is -2.19. The molecule has 86 valence electrons. The van der Waals surface area contributed by atoms with Crippen LogP contribution in [0.4, 0.5) is 0 Å². The predicted octanol–water partition coefficient (Wildman–Crippen LogP) is 1.57. The lowest BCUT2D eigenvalue weighted by molar-refractivity contribution is 0.411. The van der Waals surface area contributed by atoms with Crippen molar-refractivity contribution >= 4 is 0 Å². The van der Waals surface area contributed by atoms with Crippen LogP contribution in [0.1, 0.15) is 30.3 Å². The average Bonchev–Trinajstić information content (AvgIpc) is 2.84. The van der Waals surface area contributed by atoms with Crippen LogP contribution in [0.15, 0.2) is 22.9 Å². The van der Waals surface area contributed by atoms with Gasteiger partial charge >= 0.3 is 0 Å². The van der Waals surface area contributed by atoms with E-state index in [9.17, 15) is 0 Å². The van der Waals surface area contributed by atoms with Crippen LogP contribution in [-0.2, 0) is 13.6 Å². The molecule has 1 N–H and O–H groups in total. The fourth-order valence-corrected chi connectivity index (χ4v) is 1.50. The number of nitrogens with one attached hydrogen (secondary N) is 1. The highest BCUT2D eigenvalue weighted by atomic mass is 16.3. The van der Waals surface area contributed by atoms with Gasteiger partial charge in [-0.1, -0.05) is 0 Å². The third-order valence-corrected chi connectivity index (χ3v) is 2.56. The number of nitrogens with zero attached hydrogens (tertiary/aromatic N) is 3. The first-order valence-electron chi connectivity index (χ1n) is 5.29. The van der Waals surface area contributed by atoms with Crippen molar-refractivity contribution in [2.45, 2.75) is 26.4 Å². The Labute approximate surface area is 94.5 Å². The molecular weight excluding hydrogens is 204 g/mol. The summed E-state index contributed by atoms with van der Waals surface area (Å²) in [5.41, 5.74) is 0. The molecular formula is C11H16N4O. The summed E-state index contributed by atoms with van der Waals surface area (Å²) in [6, 6.07) is 4.13. The van der Waals surface area contributed by atoms with Gasteiger partial charge in [0.05, 0.1) is 12.6 Å². The molecule has 0 saturated carbocycles. The molecule has 2 rings (SSSR count). The SMILES string of the molecule is Cc1ccc(C(C)NCc2nncn2C)o1. The highest BCUT2D eigenvalue weighted by Crippen LogP contribution is 2.15. The van der Waals surface area contributed by atoms with Gasteiger partial charge in [-0.25, -0.2) is 0 Å². The van der Waals surface area contributed by atoms with Crippen molar-refractivity contribution in [2.75, 3.05) is 0 Å². The second kappa shape index (κ2) is 4.49. The van der Waals surface area contributed by atoms with Crippen molar-refractivity contribution in [3.63, 3.8) is 0 Å². The molecule has 1 atom stereocenters. The van der Waals surface area contributed by atoms with E-state index in [-0.39, 0.29) is 6.04 Å². The van der Waals surface area contributed by atoms with Crippen molar-refractivity contribution in [2.24, 2.45) is 7.05 Å². The third-order valence-electron chi connectivity index (χ3n) is 2.56. The van der Waals surface area contributed by atoms with E-state index in [0.717, 1.165) is 17.3 Å². The molecule has 2 aromatic rings. The maximum atomic E-state index is 5.54. The smallest absolute Gasteiger partial charge is 0.146 e. The van der Waals surface area contributed by atoms with Gasteiger partial charge in [0.1, 0.15) is 23.7 Å². The Morgan fingerprint density at radius 3 is 2.88 bits per heavy atom. The normalized spacial score (nSPS) is 12.9. The Bertz CT molecular complexity index is 460. The number of aryl methyl sites for hydroxylation is 2. The Morgan fingerprint density at radius 2 is 2.31 bits per heavy atom. The fourth-order valence-electron chi connectivity index (χ4n) is 1.50. The monoisotopic (exact) mass is 220 g/mol. The van der Waals surface area contributed by atoms with Gasteiger partial charge < -0.3 is 14.3 Å². The summed E-state index contributed by atoms with van der Waals surface area (Å²) < 4.78 is 7.44. The molecule has 0 fully saturated rings. The quantitative estimate of drug-likeness (QED) is 0.849. The van der Waals surface area contributed by atoms with Gasteiger partial charge in [0, 0.05) is 7.05 Å². The second-order valence-electron chi connectivity index (χ2n) is 3.91. The lowest BCUT2D eigenvalue weighted by atomic mass is 10.2. The molecule has 16 heavy (non-hydrogen) atoms. The van der Waals surface area contributed by atoms with E-state index in [0.29, 0.717) is 6.54 Å². The van der Waals surface area contributed by atoms with Gasteiger partial charge in [-0.05, 0) is 26.0 Å². The predicted molar refractivity (Wildman–Crippen MR) is 59.7 cm³/mol. The fraction of sp³-hybridized carbons (Fsp3) is 0.455. The summed E-state index contributed by atoms with van der Waals surface area (Å²) in [6.07, 6.45) is 1.69. The van der Waals surface area contributed by atoms with Crippen molar-refractivity contribution in [3.8, 4) is 0 Å². The minimum atomic E-state index is 0.172. The summed E-state index contributed by atoms with van der Waals surface area (Å²) >= 11 is 0. The number of aromatic nitrogens is 3. The lowest BCUT2D eigenvalue weighted by Gasteiger charge is -2.10. The third kappa shape index (κ3) is 2.30. The van der Waals surface area contributed by atoms with Crippen molar-refractivity contribution in [1.29, 1.82) is 0 Å². The molecule has 0 radical (unpaired) electrons. The minimum absolute atomic E-state index is 0.172. The molecule has 0 saturated heterocycles. The Balaban J connectivity index is 1.93. The van der Waals surface area contributed by atoms with E-state index < -0.39 is 0 Å². The number of hydrogen-bond acceptors (Lipinski definition) is 4. The first-order chi connectivity index (χ1) is 7.66. The average molecular weight is 220 g/mol. The molecule has 2 heterocycles. The van der Waals surface area contributed by atoms with Crippen LogP contribution in [0.5, 0.6) is 0 Å². The first kappa shape index (κ1) is 10.9. The second-order valence-corrected chi connectivity index (χ2v) is 3.91. The molecule has 5 nitrogen and oxygen atoms in total. The highest BCUT2D eigenvalue weighted by Gasteiger charge is 2.10. The highest BCUT2D eigenvalue weighted by molar-refractivity contribution is 5.08. The van der Waals surface area contributed by atoms with Gasteiger partial charge in [-0.3, -0.25) is 0 Å². The molecule has 0 aliphatic carbocycles. The van der Waals surface area contributed by atoms with E-state index in [1.54, 1.807) is 6.33 Å². The summed E-state index contributed by atoms with van der Waals surface area (Å²) in [4.78, 5) is 0. The zero-order valence-corrected chi connectivity index (χ0v) is 9.77. The molecule has 0 amide bonds. The van der Waals surface area contributed by atoms with E-state index in [4.69, 9.17) is 4.42 Å². The van der Waals surface area contributed by atoms with E-state index in [1.807, 2.05) is 30.7 Å². The number of hydrogen-bond donors (Lipinski definition) is 1. The van der Waals surface area contributed by atoms with Crippen LogP contribution in [0.25, 0.3) is 0 Å². The number of furan rings is 1. The van der Waals surface area contributed by atoms with Crippen molar-refractivity contribution in [1.82, 2.24) is 20.1 Å². The molecule has 2 aromatic heterocycles. The standard InChI is InChI=1S/C11H16N4O/c1-8-4-5-10(16-8)9(2)12-6-11-14-13-7-15(11)3/h4-5,7,9,12H,6H2,1-3H3. The van der Waals surface area contributed by atoms with Crippen molar-refractivity contribution in [3.05, 3.63) is 35.8 Å². The molecule has 0 aliphatic heterocycles. The van der Waals surface area contributed by atoms with Crippen LogP contribution in [0, 0.1) is 6.92 Å². The zero-order valence-electron chi connectivity index (χ0n) is 9.77. The number of rotatable bonds is 4. The molecule has 0 aromatic carbocycles. The first-order valence-corrected chi connectivity index (χ1v) is 5.29. The maximum Gasteiger partial charge on any atom is 0.146 e. The van der Waals surface area contributed by atoms with E-state index in [2.05, 4.69) is 22.4 Å². The largest absolute Gasteiger partial charge is 0.465 e. The molecule has 5 heteroatoms. The summed E-state index contributed by atoms with van der Waals surface area (Å²) in [7, 11) is 1.93. The van der Waals surface area contributed by atoms with Crippen molar-refractivity contribution < 1.29 is 4.42 Å². The molecule has 1 unspecified atom stereocenters. The summed E-state index contributed by atoms with van der Waals surface area (Å²) in [5, 5.41) is 11.2. The van der Waals surface area contributed by atoms with Gasteiger partial charge in [0.25, 0.3) is 0 Å². The van der Waals surface area contributed by atoms with Crippen LogP contribution in [-0.4, -0.2) is 14.8 Å². The minimum Gasteiger partial charge on any atom is -0.465 e. The summed E-state index contributed by atoms with van der Waals surface area (Å²) in [5.74, 6) is 2.79. The molecule has 0 spiro atoms. The summed E-state index contributed by atoms with van der Waals surface area (Å²) in [6.45, 7) is 4.69. The maximum absolute atomic E-state index is 5.54.